The van der Waals surface area contributed by atoms with Gasteiger partial charge in [-0.15, -0.1) is 0 Å². The van der Waals surface area contributed by atoms with E-state index in [1.165, 1.54) is 25.7 Å². The van der Waals surface area contributed by atoms with Crippen LogP contribution in [0.4, 0.5) is 0 Å². The van der Waals surface area contributed by atoms with Crippen molar-refractivity contribution < 1.29 is 9.53 Å². The fourth-order valence-electron chi connectivity index (χ4n) is 1.39. The van der Waals surface area contributed by atoms with Crippen LogP contribution in [0.15, 0.2) is 0 Å². The van der Waals surface area contributed by atoms with Gasteiger partial charge in [-0.25, -0.2) is 0 Å². The predicted octanol–water partition coefficient (Wildman–Crippen LogP) is 2.50. The zero-order valence-corrected chi connectivity index (χ0v) is 10.2. The molecule has 0 fully saturated rings. The largest absolute Gasteiger partial charge is 0.466 e. The van der Waals surface area contributed by atoms with Crippen molar-refractivity contribution in [1.82, 2.24) is 5.32 Å². The van der Waals surface area contributed by atoms with E-state index in [-0.39, 0.29) is 5.97 Å². The molecule has 3 nitrogen and oxygen atoms in total. The second-order valence-electron chi connectivity index (χ2n) is 3.72. The number of unbranched alkanes of at least 4 members (excludes halogenated alkanes) is 3. The van der Waals surface area contributed by atoms with Gasteiger partial charge in [-0.3, -0.25) is 4.79 Å². The highest BCUT2D eigenvalue weighted by atomic mass is 16.5. The van der Waals surface area contributed by atoms with Gasteiger partial charge >= 0.3 is 5.97 Å². The maximum absolute atomic E-state index is 11.0. The van der Waals surface area contributed by atoms with Gasteiger partial charge < -0.3 is 10.1 Å². The molecule has 15 heavy (non-hydrogen) atoms. The van der Waals surface area contributed by atoms with Crippen molar-refractivity contribution >= 4 is 5.97 Å². The first-order chi connectivity index (χ1) is 7.31. The van der Waals surface area contributed by atoms with Crippen LogP contribution in [0.25, 0.3) is 0 Å². The van der Waals surface area contributed by atoms with Crippen LogP contribution in [0, 0.1) is 0 Å². The summed E-state index contributed by atoms with van der Waals surface area (Å²) in [5.74, 6) is -0.0784. The molecule has 3 heteroatoms. The Balaban J connectivity index is 3.01. The van der Waals surface area contributed by atoms with Crippen LogP contribution >= 0.6 is 0 Å². The number of nitrogens with one attached hydrogen (secondary N) is 1. The molecule has 90 valence electrons. The van der Waals surface area contributed by atoms with Gasteiger partial charge in [-0.05, 0) is 32.9 Å². The van der Waals surface area contributed by atoms with Gasteiger partial charge in [-0.2, -0.15) is 0 Å². The molecule has 0 aromatic rings. The lowest BCUT2D eigenvalue weighted by molar-refractivity contribution is -0.143. The summed E-state index contributed by atoms with van der Waals surface area (Å²) in [5.41, 5.74) is 0. The number of hydrogen-bond acceptors (Lipinski definition) is 3. The number of carbonyl (C=O) groups excluding carboxylic acids is 1. The van der Waals surface area contributed by atoms with Gasteiger partial charge in [0.05, 0.1) is 6.61 Å². The summed E-state index contributed by atoms with van der Waals surface area (Å²) < 4.78 is 4.83. The van der Waals surface area contributed by atoms with E-state index in [0.29, 0.717) is 13.0 Å². The Kier molecular flexibility index (Phi) is 11.1. The molecule has 0 rings (SSSR count). The first-order valence-electron chi connectivity index (χ1n) is 6.17. The van der Waals surface area contributed by atoms with Crippen LogP contribution in [-0.2, 0) is 9.53 Å². The van der Waals surface area contributed by atoms with E-state index < -0.39 is 0 Å². The first-order valence-corrected chi connectivity index (χ1v) is 6.17. The van der Waals surface area contributed by atoms with Crippen molar-refractivity contribution in [1.29, 1.82) is 0 Å². The van der Waals surface area contributed by atoms with E-state index in [9.17, 15) is 4.79 Å². The van der Waals surface area contributed by atoms with Gasteiger partial charge in [-0.1, -0.05) is 26.2 Å². The highest BCUT2D eigenvalue weighted by Gasteiger charge is 1.99. The highest BCUT2D eigenvalue weighted by Crippen LogP contribution is 1.97. The standard InChI is InChI=1S/C12H25NO2/c1-3-5-6-7-10-13-11-8-9-12(14)15-4-2/h13H,3-11H2,1-2H3. The van der Waals surface area contributed by atoms with Crippen molar-refractivity contribution in [3.05, 3.63) is 0 Å². The summed E-state index contributed by atoms with van der Waals surface area (Å²) in [6, 6.07) is 0. The molecule has 0 saturated carbocycles. The Labute approximate surface area is 93.6 Å². The summed E-state index contributed by atoms with van der Waals surface area (Å²) >= 11 is 0. The average Bonchev–Trinajstić information content (AvgIpc) is 2.22. The molecule has 0 heterocycles. The smallest absolute Gasteiger partial charge is 0.305 e. The topological polar surface area (TPSA) is 38.3 Å². The second kappa shape index (κ2) is 11.5. The Bertz CT molecular complexity index is 149. The third-order valence-electron chi connectivity index (χ3n) is 2.25. The number of esters is 1. The molecule has 0 saturated heterocycles. The SMILES string of the molecule is CCCCCCNCCCC(=O)OCC. The zero-order valence-electron chi connectivity index (χ0n) is 10.2. The summed E-state index contributed by atoms with van der Waals surface area (Å²) in [5, 5.41) is 3.33. The van der Waals surface area contributed by atoms with Crippen molar-refractivity contribution in [2.75, 3.05) is 19.7 Å². The predicted molar refractivity (Wildman–Crippen MR) is 62.9 cm³/mol. The molecule has 0 aliphatic rings. The van der Waals surface area contributed by atoms with Crippen LogP contribution in [0.3, 0.4) is 0 Å². The molecule has 0 unspecified atom stereocenters. The minimum Gasteiger partial charge on any atom is -0.466 e. The maximum Gasteiger partial charge on any atom is 0.305 e. The normalized spacial score (nSPS) is 10.3. The molecule has 0 spiro atoms. The van der Waals surface area contributed by atoms with E-state index in [0.717, 1.165) is 19.5 Å². The number of carbonyl (C=O) groups is 1. The number of ether oxygens (including phenoxy) is 1. The third kappa shape index (κ3) is 11.4. The molecule has 0 atom stereocenters. The minimum atomic E-state index is -0.0784. The van der Waals surface area contributed by atoms with E-state index in [4.69, 9.17) is 4.74 Å². The Hall–Kier alpha value is -0.570. The maximum atomic E-state index is 11.0. The highest BCUT2D eigenvalue weighted by molar-refractivity contribution is 5.69. The van der Waals surface area contributed by atoms with Crippen molar-refractivity contribution in [3.63, 3.8) is 0 Å². The van der Waals surface area contributed by atoms with E-state index in [1.54, 1.807) is 0 Å². The third-order valence-corrected chi connectivity index (χ3v) is 2.25. The molecule has 0 aliphatic carbocycles. The van der Waals surface area contributed by atoms with Crippen molar-refractivity contribution in [3.8, 4) is 0 Å². The molecular formula is C12H25NO2. The first kappa shape index (κ1) is 14.4. The summed E-state index contributed by atoms with van der Waals surface area (Å²) in [6.07, 6.45) is 6.57. The van der Waals surface area contributed by atoms with Gasteiger partial charge in [0.1, 0.15) is 0 Å². The van der Waals surface area contributed by atoms with Crippen LogP contribution in [-0.4, -0.2) is 25.7 Å². The molecule has 0 aromatic carbocycles. The van der Waals surface area contributed by atoms with Crippen molar-refractivity contribution in [2.24, 2.45) is 0 Å². The van der Waals surface area contributed by atoms with Gasteiger partial charge in [0.2, 0.25) is 0 Å². The molecule has 1 N–H and O–H groups in total. The van der Waals surface area contributed by atoms with Gasteiger partial charge in [0.25, 0.3) is 0 Å². The molecule has 0 radical (unpaired) electrons. The lowest BCUT2D eigenvalue weighted by atomic mass is 10.2. The Morgan fingerprint density at radius 3 is 2.47 bits per heavy atom. The molecular weight excluding hydrogens is 190 g/mol. The van der Waals surface area contributed by atoms with E-state index >= 15 is 0 Å². The monoisotopic (exact) mass is 215 g/mol. The van der Waals surface area contributed by atoms with Crippen LogP contribution in [0.1, 0.15) is 52.4 Å². The summed E-state index contributed by atoms with van der Waals surface area (Å²) in [4.78, 5) is 11.0. The molecule has 0 bridgehead atoms. The summed E-state index contributed by atoms with van der Waals surface area (Å²) in [7, 11) is 0. The zero-order chi connectivity index (χ0) is 11.4. The second-order valence-corrected chi connectivity index (χ2v) is 3.72. The average molecular weight is 215 g/mol. The van der Waals surface area contributed by atoms with E-state index in [1.807, 2.05) is 6.92 Å². The fourth-order valence-corrected chi connectivity index (χ4v) is 1.39. The Morgan fingerprint density at radius 1 is 1.07 bits per heavy atom. The summed E-state index contributed by atoms with van der Waals surface area (Å²) in [6.45, 7) is 6.54. The number of hydrogen-bond donors (Lipinski definition) is 1. The van der Waals surface area contributed by atoms with Crippen molar-refractivity contribution in [2.45, 2.75) is 52.4 Å². The molecule has 0 amide bonds. The van der Waals surface area contributed by atoms with Crippen LogP contribution in [0.2, 0.25) is 0 Å². The van der Waals surface area contributed by atoms with Crippen LogP contribution in [0.5, 0.6) is 0 Å². The quantitative estimate of drug-likeness (QED) is 0.449. The van der Waals surface area contributed by atoms with Gasteiger partial charge in [0.15, 0.2) is 0 Å². The molecule has 0 aromatic heterocycles. The lowest BCUT2D eigenvalue weighted by Gasteiger charge is -2.04. The lowest BCUT2D eigenvalue weighted by Crippen LogP contribution is -2.18. The Morgan fingerprint density at radius 2 is 1.80 bits per heavy atom. The molecule has 0 aliphatic heterocycles. The minimum absolute atomic E-state index is 0.0784. The van der Waals surface area contributed by atoms with Gasteiger partial charge in [0, 0.05) is 6.42 Å². The number of rotatable bonds is 10. The fraction of sp³-hybridized carbons (Fsp3) is 0.917. The van der Waals surface area contributed by atoms with Crippen LogP contribution < -0.4 is 5.32 Å². The van der Waals surface area contributed by atoms with E-state index in [2.05, 4.69) is 12.2 Å².